The average molecular weight is 250 g/mol. The van der Waals surface area contributed by atoms with Crippen molar-refractivity contribution in [3.05, 3.63) is 34.9 Å². The minimum atomic E-state index is -0.287. The third kappa shape index (κ3) is 4.09. The molecule has 3 nitrogen and oxygen atoms in total. The van der Waals surface area contributed by atoms with E-state index in [0.717, 1.165) is 6.42 Å². The first kappa shape index (κ1) is 15.2. The fourth-order valence-electron chi connectivity index (χ4n) is 2.36. The summed E-state index contributed by atoms with van der Waals surface area (Å²) in [5, 5.41) is 12.9. The van der Waals surface area contributed by atoms with Crippen molar-refractivity contribution in [2.24, 2.45) is 5.73 Å². The summed E-state index contributed by atoms with van der Waals surface area (Å²) >= 11 is 0. The smallest absolute Gasteiger partial charge is 0.0526 e. The predicted molar refractivity (Wildman–Crippen MR) is 76.6 cm³/mol. The zero-order valence-electron chi connectivity index (χ0n) is 11.9. The molecule has 3 heteroatoms. The first-order valence-corrected chi connectivity index (χ1v) is 6.66. The molecule has 0 bridgehead atoms. The minimum absolute atomic E-state index is 0.152. The Morgan fingerprint density at radius 3 is 2.50 bits per heavy atom. The lowest BCUT2D eigenvalue weighted by Crippen LogP contribution is -2.37. The van der Waals surface area contributed by atoms with Crippen LogP contribution in [0, 0.1) is 13.8 Å². The maximum Gasteiger partial charge on any atom is 0.0526 e. The zero-order chi connectivity index (χ0) is 13.7. The van der Waals surface area contributed by atoms with Gasteiger partial charge in [-0.05, 0) is 50.8 Å². The van der Waals surface area contributed by atoms with Crippen LogP contribution in [0.4, 0.5) is 0 Å². The molecule has 0 aliphatic heterocycles. The first-order chi connectivity index (χ1) is 8.45. The van der Waals surface area contributed by atoms with Gasteiger partial charge in [-0.15, -0.1) is 0 Å². The molecule has 0 aliphatic carbocycles. The molecule has 0 saturated carbocycles. The van der Waals surface area contributed by atoms with Gasteiger partial charge in [-0.3, -0.25) is 0 Å². The molecule has 0 heterocycles. The normalized spacial score (nSPS) is 16.3. The second-order valence-corrected chi connectivity index (χ2v) is 5.23. The largest absolute Gasteiger partial charge is 0.393 e. The molecule has 3 unspecified atom stereocenters. The molecule has 0 amide bonds. The third-order valence-corrected chi connectivity index (χ3v) is 3.44. The molecule has 0 radical (unpaired) electrons. The van der Waals surface area contributed by atoms with Crippen LogP contribution in [0.5, 0.6) is 0 Å². The van der Waals surface area contributed by atoms with E-state index in [1.165, 1.54) is 16.7 Å². The highest BCUT2D eigenvalue weighted by Crippen LogP contribution is 2.20. The highest BCUT2D eigenvalue weighted by molar-refractivity contribution is 5.35. The van der Waals surface area contributed by atoms with Crippen LogP contribution in [-0.4, -0.2) is 23.8 Å². The van der Waals surface area contributed by atoms with Crippen LogP contribution < -0.4 is 11.1 Å². The van der Waals surface area contributed by atoms with E-state index < -0.39 is 0 Å². The Kier molecular flexibility index (Phi) is 5.79. The summed E-state index contributed by atoms with van der Waals surface area (Å²) in [6.45, 7) is 8.71. The van der Waals surface area contributed by atoms with Crippen LogP contribution >= 0.6 is 0 Å². The van der Waals surface area contributed by atoms with Crippen LogP contribution in [0.2, 0.25) is 0 Å². The van der Waals surface area contributed by atoms with Crippen LogP contribution in [0.1, 0.15) is 43.0 Å². The molecular weight excluding hydrogens is 224 g/mol. The van der Waals surface area contributed by atoms with Gasteiger partial charge in [0, 0.05) is 18.6 Å². The van der Waals surface area contributed by atoms with E-state index in [9.17, 15) is 5.11 Å². The number of hydrogen-bond acceptors (Lipinski definition) is 3. The molecule has 3 atom stereocenters. The summed E-state index contributed by atoms with van der Waals surface area (Å²) in [6.07, 6.45) is 0.450. The topological polar surface area (TPSA) is 58.3 Å². The number of aryl methyl sites for hydroxylation is 1. The number of nitrogens with two attached hydrogens (primary N) is 1. The minimum Gasteiger partial charge on any atom is -0.393 e. The Bertz CT molecular complexity index is 377. The Hall–Kier alpha value is -0.900. The predicted octanol–water partition coefficient (Wildman–Crippen LogP) is 2.05. The molecule has 0 aromatic heterocycles. The molecule has 1 aromatic rings. The van der Waals surface area contributed by atoms with Gasteiger partial charge in [-0.2, -0.15) is 0 Å². The van der Waals surface area contributed by atoms with Crippen molar-refractivity contribution in [1.82, 2.24) is 5.32 Å². The van der Waals surface area contributed by atoms with Gasteiger partial charge >= 0.3 is 0 Å². The molecule has 102 valence electrons. The van der Waals surface area contributed by atoms with Gasteiger partial charge in [-0.1, -0.05) is 18.2 Å². The van der Waals surface area contributed by atoms with Gasteiger partial charge < -0.3 is 16.2 Å². The van der Waals surface area contributed by atoms with Gasteiger partial charge in [0.1, 0.15) is 0 Å². The van der Waals surface area contributed by atoms with Gasteiger partial charge in [0.05, 0.1) is 6.10 Å². The summed E-state index contributed by atoms with van der Waals surface area (Å²) in [4.78, 5) is 0. The fourth-order valence-corrected chi connectivity index (χ4v) is 2.36. The summed E-state index contributed by atoms with van der Waals surface area (Å²) < 4.78 is 0. The summed E-state index contributed by atoms with van der Waals surface area (Å²) in [5.41, 5.74) is 9.72. The van der Waals surface area contributed by atoms with Crippen molar-refractivity contribution < 1.29 is 5.11 Å². The number of nitrogens with one attached hydrogen (secondary N) is 1. The van der Waals surface area contributed by atoms with Crippen molar-refractivity contribution in [1.29, 1.82) is 0 Å². The molecule has 4 N–H and O–H groups in total. The van der Waals surface area contributed by atoms with E-state index in [1.54, 1.807) is 0 Å². The standard InChI is InChI=1S/C15H26N2O/c1-10-6-5-7-14(13(10)4)15(9-16)17-11(2)8-12(3)18/h5-7,11-12,15,17-18H,8-9,16H2,1-4H3. The van der Waals surface area contributed by atoms with Crippen LogP contribution in [-0.2, 0) is 0 Å². The zero-order valence-corrected chi connectivity index (χ0v) is 11.9. The maximum atomic E-state index is 9.41. The van der Waals surface area contributed by atoms with Gasteiger partial charge in [0.2, 0.25) is 0 Å². The lowest BCUT2D eigenvalue weighted by molar-refractivity contribution is 0.168. The van der Waals surface area contributed by atoms with E-state index in [-0.39, 0.29) is 18.2 Å². The van der Waals surface area contributed by atoms with Crippen molar-refractivity contribution in [3.63, 3.8) is 0 Å². The van der Waals surface area contributed by atoms with Crippen LogP contribution in [0.3, 0.4) is 0 Å². The maximum absolute atomic E-state index is 9.41. The van der Waals surface area contributed by atoms with Gasteiger partial charge in [0.15, 0.2) is 0 Å². The second-order valence-electron chi connectivity index (χ2n) is 5.23. The van der Waals surface area contributed by atoms with E-state index in [2.05, 4.69) is 44.3 Å². The van der Waals surface area contributed by atoms with Crippen LogP contribution in [0.15, 0.2) is 18.2 Å². The summed E-state index contributed by atoms with van der Waals surface area (Å²) in [6, 6.07) is 6.71. The Balaban J connectivity index is 2.80. The molecular formula is C15H26N2O. The van der Waals surface area contributed by atoms with Gasteiger partial charge in [0.25, 0.3) is 0 Å². The second kappa shape index (κ2) is 6.88. The van der Waals surface area contributed by atoms with Crippen molar-refractivity contribution >= 4 is 0 Å². The first-order valence-electron chi connectivity index (χ1n) is 6.66. The Morgan fingerprint density at radius 1 is 1.28 bits per heavy atom. The van der Waals surface area contributed by atoms with Crippen LogP contribution in [0.25, 0.3) is 0 Å². The van der Waals surface area contributed by atoms with E-state index in [0.29, 0.717) is 6.54 Å². The number of aliphatic hydroxyl groups is 1. The molecule has 1 rings (SSSR count). The quantitative estimate of drug-likeness (QED) is 0.724. The number of hydrogen-bond donors (Lipinski definition) is 3. The highest BCUT2D eigenvalue weighted by atomic mass is 16.3. The number of aliphatic hydroxyl groups excluding tert-OH is 1. The molecule has 0 spiro atoms. The lowest BCUT2D eigenvalue weighted by Gasteiger charge is -2.25. The summed E-state index contributed by atoms with van der Waals surface area (Å²) in [5.74, 6) is 0. The van der Waals surface area contributed by atoms with Crippen molar-refractivity contribution in [2.45, 2.75) is 52.3 Å². The Labute approximate surface area is 110 Å². The third-order valence-electron chi connectivity index (χ3n) is 3.44. The molecule has 0 saturated heterocycles. The molecule has 1 aromatic carbocycles. The monoisotopic (exact) mass is 250 g/mol. The Morgan fingerprint density at radius 2 is 1.94 bits per heavy atom. The van der Waals surface area contributed by atoms with Gasteiger partial charge in [-0.25, -0.2) is 0 Å². The molecule has 18 heavy (non-hydrogen) atoms. The van der Waals surface area contributed by atoms with Crippen molar-refractivity contribution in [2.75, 3.05) is 6.54 Å². The van der Waals surface area contributed by atoms with Crippen molar-refractivity contribution in [3.8, 4) is 0 Å². The lowest BCUT2D eigenvalue weighted by atomic mass is 9.96. The molecule has 0 aliphatic rings. The average Bonchev–Trinajstić information content (AvgIpc) is 2.29. The van der Waals surface area contributed by atoms with E-state index in [4.69, 9.17) is 5.73 Å². The SMILES string of the molecule is Cc1cccc(C(CN)NC(C)CC(C)O)c1C. The molecule has 0 fully saturated rings. The highest BCUT2D eigenvalue weighted by Gasteiger charge is 2.16. The number of rotatable bonds is 6. The summed E-state index contributed by atoms with van der Waals surface area (Å²) in [7, 11) is 0. The number of benzene rings is 1. The van der Waals surface area contributed by atoms with E-state index >= 15 is 0 Å². The fraction of sp³-hybridized carbons (Fsp3) is 0.600. The van der Waals surface area contributed by atoms with E-state index in [1.807, 2.05) is 6.92 Å².